The molecule has 2 aromatic carbocycles. The number of hydrogen-bond acceptors (Lipinski definition) is 7. The van der Waals surface area contributed by atoms with Crippen molar-refractivity contribution < 1.29 is 9.53 Å². The number of carbonyl (C=O) groups excluding carboxylic acids is 1. The monoisotopic (exact) mass is 440 g/mol. The van der Waals surface area contributed by atoms with Gasteiger partial charge in [-0.1, -0.05) is 24.3 Å². The zero-order valence-electron chi connectivity index (χ0n) is 18.1. The predicted molar refractivity (Wildman–Crippen MR) is 129 cm³/mol. The van der Waals surface area contributed by atoms with Gasteiger partial charge >= 0.3 is 0 Å². The fourth-order valence-electron chi connectivity index (χ4n) is 3.84. The van der Waals surface area contributed by atoms with Gasteiger partial charge < -0.3 is 20.3 Å². The summed E-state index contributed by atoms with van der Waals surface area (Å²) in [5.74, 6) is 0.588. The fourth-order valence-corrected chi connectivity index (χ4v) is 3.84. The number of para-hydroxylation sites is 1. The molecule has 3 heterocycles. The second-order valence-electron chi connectivity index (χ2n) is 7.78. The Kier molecular flexibility index (Phi) is 6.08. The number of ether oxygens (including phenoxy) is 1. The molecule has 166 valence electrons. The lowest BCUT2D eigenvalue weighted by Gasteiger charge is -2.28. The Hall–Kier alpha value is -4.04. The number of rotatable bonds is 6. The van der Waals surface area contributed by atoms with Crippen molar-refractivity contribution in [2.45, 2.75) is 6.54 Å². The zero-order valence-corrected chi connectivity index (χ0v) is 18.1. The molecule has 1 fully saturated rings. The van der Waals surface area contributed by atoms with Gasteiger partial charge in [-0.15, -0.1) is 0 Å². The molecule has 8 heteroatoms. The largest absolute Gasteiger partial charge is 0.378 e. The summed E-state index contributed by atoms with van der Waals surface area (Å²) in [6.07, 6.45) is 4.93. The highest BCUT2D eigenvalue weighted by Crippen LogP contribution is 2.21. The summed E-state index contributed by atoms with van der Waals surface area (Å²) in [5, 5.41) is 7.32. The van der Waals surface area contributed by atoms with Crippen LogP contribution in [0, 0.1) is 0 Å². The quantitative estimate of drug-likeness (QED) is 0.472. The van der Waals surface area contributed by atoms with Gasteiger partial charge in [0.15, 0.2) is 0 Å². The molecule has 2 N–H and O–H groups in total. The average Bonchev–Trinajstić information content (AvgIpc) is 2.88. The third-order valence-corrected chi connectivity index (χ3v) is 5.55. The first-order chi connectivity index (χ1) is 16.3. The minimum atomic E-state index is -0.190. The minimum Gasteiger partial charge on any atom is -0.378 e. The number of aromatic nitrogens is 3. The van der Waals surface area contributed by atoms with Crippen LogP contribution < -0.4 is 15.5 Å². The van der Waals surface area contributed by atoms with Gasteiger partial charge in [-0.25, -0.2) is 9.97 Å². The molecule has 33 heavy (non-hydrogen) atoms. The molecule has 0 bridgehead atoms. The maximum absolute atomic E-state index is 12.9. The molecule has 1 amide bonds. The predicted octanol–water partition coefficient (Wildman–Crippen LogP) is 3.73. The number of benzene rings is 2. The summed E-state index contributed by atoms with van der Waals surface area (Å²) in [4.78, 5) is 28.0. The van der Waals surface area contributed by atoms with E-state index in [0.717, 1.165) is 46.7 Å². The highest BCUT2D eigenvalue weighted by atomic mass is 16.5. The van der Waals surface area contributed by atoms with E-state index in [4.69, 9.17) is 4.74 Å². The molecule has 0 spiro atoms. The lowest BCUT2D eigenvalue weighted by Crippen LogP contribution is -2.36. The van der Waals surface area contributed by atoms with Crippen molar-refractivity contribution >= 4 is 34.0 Å². The van der Waals surface area contributed by atoms with Crippen LogP contribution in [-0.2, 0) is 11.3 Å². The Labute approximate surface area is 191 Å². The number of nitrogens with one attached hydrogen (secondary N) is 2. The van der Waals surface area contributed by atoms with Crippen LogP contribution in [-0.4, -0.2) is 47.2 Å². The molecule has 4 aromatic rings. The molecule has 0 aliphatic carbocycles. The number of fused-ring (bicyclic) bond motifs is 1. The SMILES string of the molecule is O=C(Nc1cccc(CNc2ncnc3ccccc23)c1)c1cncc(N2CCOCC2)c1. The first kappa shape index (κ1) is 20.8. The van der Waals surface area contributed by atoms with E-state index in [0.29, 0.717) is 25.3 Å². The van der Waals surface area contributed by atoms with Crippen molar-refractivity contribution in [3.05, 3.63) is 84.4 Å². The summed E-state index contributed by atoms with van der Waals surface area (Å²) in [7, 11) is 0. The second-order valence-corrected chi connectivity index (χ2v) is 7.78. The average molecular weight is 441 g/mol. The summed E-state index contributed by atoms with van der Waals surface area (Å²) >= 11 is 0. The number of morpholine rings is 1. The van der Waals surface area contributed by atoms with Gasteiger partial charge in [0.25, 0.3) is 5.91 Å². The van der Waals surface area contributed by atoms with Crippen molar-refractivity contribution in [2.24, 2.45) is 0 Å². The van der Waals surface area contributed by atoms with Crippen LogP contribution in [0.2, 0.25) is 0 Å². The Balaban J connectivity index is 1.26. The number of pyridine rings is 1. The number of carbonyl (C=O) groups is 1. The molecule has 2 aromatic heterocycles. The normalized spacial score (nSPS) is 13.6. The Morgan fingerprint density at radius 3 is 2.79 bits per heavy atom. The number of anilines is 3. The van der Waals surface area contributed by atoms with Crippen LogP contribution in [0.15, 0.2) is 73.3 Å². The van der Waals surface area contributed by atoms with Gasteiger partial charge in [0.05, 0.1) is 36.2 Å². The highest BCUT2D eigenvalue weighted by Gasteiger charge is 2.14. The summed E-state index contributed by atoms with van der Waals surface area (Å²) in [5.41, 5.74) is 4.10. The minimum absolute atomic E-state index is 0.190. The third-order valence-electron chi connectivity index (χ3n) is 5.55. The van der Waals surface area contributed by atoms with Crippen molar-refractivity contribution in [2.75, 3.05) is 41.8 Å². The van der Waals surface area contributed by atoms with Crippen LogP contribution >= 0.6 is 0 Å². The van der Waals surface area contributed by atoms with Crippen LogP contribution in [0.3, 0.4) is 0 Å². The van der Waals surface area contributed by atoms with Crippen LogP contribution in [0.5, 0.6) is 0 Å². The number of hydrogen-bond donors (Lipinski definition) is 2. The topological polar surface area (TPSA) is 92.3 Å². The first-order valence-corrected chi connectivity index (χ1v) is 10.9. The van der Waals surface area contributed by atoms with Crippen molar-refractivity contribution in [3.8, 4) is 0 Å². The van der Waals surface area contributed by atoms with Gasteiger partial charge in [-0.3, -0.25) is 9.78 Å². The standard InChI is InChI=1S/C25H24N6O2/c32-25(19-13-21(16-26-15-19)31-8-10-33-11-9-31)30-20-5-3-4-18(12-20)14-27-24-22-6-1-2-7-23(22)28-17-29-24/h1-7,12-13,15-17H,8-11,14H2,(H,30,32)(H,27,28,29). The van der Waals surface area contributed by atoms with E-state index in [1.54, 1.807) is 18.7 Å². The van der Waals surface area contributed by atoms with Crippen LogP contribution in [0.25, 0.3) is 10.9 Å². The maximum atomic E-state index is 12.9. The fraction of sp³-hybridized carbons (Fsp3) is 0.200. The molecule has 0 radical (unpaired) electrons. The molecule has 5 rings (SSSR count). The zero-order chi connectivity index (χ0) is 22.5. The molecule has 0 atom stereocenters. The van der Waals surface area contributed by atoms with E-state index < -0.39 is 0 Å². The summed E-state index contributed by atoms with van der Waals surface area (Å²) in [6.45, 7) is 3.52. The molecule has 1 saturated heterocycles. The van der Waals surface area contributed by atoms with E-state index >= 15 is 0 Å². The third kappa shape index (κ3) is 4.91. The summed E-state index contributed by atoms with van der Waals surface area (Å²) < 4.78 is 5.40. The molecular formula is C25H24N6O2. The van der Waals surface area contributed by atoms with Crippen LogP contribution in [0.1, 0.15) is 15.9 Å². The smallest absolute Gasteiger partial charge is 0.257 e. The number of nitrogens with zero attached hydrogens (tertiary/aromatic N) is 4. The van der Waals surface area contributed by atoms with E-state index in [9.17, 15) is 4.79 Å². The van der Waals surface area contributed by atoms with Gasteiger partial charge in [0.2, 0.25) is 0 Å². The van der Waals surface area contributed by atoms with Crippen molar-refractivity contribution in [3.63, 3.8) is 0 Å². The van der Waals surface area contributed by atoms with Crippen molar-refractivity contribution in [1.82, 2.24) is 15.0 Å². The number of amides is 1. The molecule has 8 nitrogen and oxygen atoms in total. The highest BCUT2D eigenvalue weighted by molar-refractivity contribution is 6.04. The Morgan fingerprint density at radius 2 is 1.88 bits per heavy atom. The second kappa shape index (κ2) is 9.62. The molecule has 0 saturated carbocycles. The lowest BCUT2D eigenvalue weighted by molar-refractivity contribution is 0.102. The van der Waals surface area contributed by atoms with Gasteiger partial charge in [0.1, 0.15) is 12.1 Å². The van der Waals surface area contributed by atoms with Gasteiger partial charge in [-0.05, 0) is 35.9 Å². The molecule has 1 aliphatic rings. The summed E-state index contributed by atoms with van der Waals surface area (Å²) in [6, 6.07) is 17.5. The first-order valence-electron chi connectivity index (χ1n) is 10.9. The van der Waals surface area contributed by atoms with Crippen molar-refractivity contribution in [1.29, 1.82) is 0 Å². The lowest BCUT2D eigenvalue weighted by atomic mass is 10.1. The van der Waals surface area contributed by atoms with E-state index in [1.807, 2.05) is 54.6 Å². The van der Waals surface area contributed by atoms with Gasteiger partial charge in [-0.2, -0.15) is 0 Å². The van der Waals surface area contributed by atoms with E-state index in [-0.39, 0.29) is 5.91 Å². The van der Waals surface area contributed by atoms with E-state index in [2.05, 4.69) is 30.5 Å². The molecule has 0 unspecified atom stereocenters. The Morgan fingerprint density at radius 1 is 1.00 bits per heavy atom. The molecular weight excluding hydrogens is 416 g/mol. The van der Waals surface area contributed by atoms with Crippen LogP contribution in [0.4, 0.5) is 17.2 Å². The van der Waals surface area contributed by atoms with E-state index in [1.165, 1.54) is 0 Å². The maximum Gasteiger partial charge on any atom is 0.257 e. The van der Waals surface area contributed by atoms with Gasteiger partial charge in [0, 0.05) is 36.9 Å². The molecule has 1 aliphatic heterocycles. The Bertz CT molecular complexity index is 1270.